The largest absolute Gasteiger partial charge is 0.483 e. The fraction of sp³-hybridized carbons (Fsp3) is 0.292. The van der Waals surface area contributed by atoms with Crippen molar-refractivity contribution in [2.24, 2.45) is 0 Å². The standard InChI is InChI=1S/C24H23Cl2FN4O3S/c25-14-9-10-17(15(26)11-14)30-24(33)31-19-7-3-2-6-18(19)29-23(32)20-13-35-22(28-20)12-34-21-8-4-1-5-16(21)27/h1,4-5,8-11,13,18-19H,2-3,6-7,12H2,(H,29,32)(H2,30,31,33)/t18-,19-/m1/s1. The van der Waals surface area contributed by atoms with Crippen molar-refractivity contribution < 1.29 is 18.7 Å². The van der Waals surface area contributed by atoms with Crippen molar-refractivity contribution in [3.05, 3.63) is 74.4 Å². The molecule has 0 saturated heterocycles. The molecule has 2 atom stereocenters. The number of hydrogen-bond donors (Lipinski definition) is 3. The molecule has 0 radical (unpaired) electrons. The van der Waals surface area contributed by atoms with Crippen LogP contribution in [-0.2, 0) is 6.61 Å². The number of carbonyl (C=O) groups excluding carboxylic acids is 2. The molecule has 1 heterocycles. The molecule has 184 valence electrons. The van der Waals surface area contributed by atoms with Crippen molar-refractivity contribution in [2.75, 3.05) is 5.32 Å². The van der Waals surface area contributed by atoms with E-state index in [1.54, 1.807) is 35.7 Å². The number of aromatic nitrogens is 1. The van der Waals surface area contributed by atoms with Crippen LogP contribution in [0.1, 0.15) is 41.2 Å². The lowest BCUT2D eigenvalue weighted by atomic mass is 9.90. The average Bonchev–Trinajstić information content (AvgIpc) is 3.31. The van der Waals surface area contributed by atoms with Crippen molar-refractivity contribution >= 4 is 52.2 Å². The lowest BCUT2D eigenvalue weighted by Gasteiger charge is -2.32. The Bertz CT molecular complexity index is 1210. The van der Waals surface area contributed by atoms with Gasteiger partial charge in [0.25, 0.3) is 5.91 Å². The van der Waals surface area contributed by atoms with E-state index >= 15 is 0 Å². The van der Waals surface area contributed by atoms with E-state index in [2.05, 4.69) is 20.9 Å². The Hall–Kier alpha value is -2.88. The number of amides is 3. The van der Waals surface area contributed by atoms with Crippen LogP contribution in [0.25, 0.3) is 0 Å². The molecule has 1 saturated carbocycles. The second-order valence-electron chi connectivity index (χ2n) is 8.04. The van der Waals surface area contributed by atoms with Crippen LogP contribution in [0.3, 0.4) is 0 Å². The summed E-state index contributed by atoms with van der Waals surface area (Å²) in [6, 6.07) is 10.0. The molecule has 11 heteroatoms. The number of anilines is 1. The van der Waals surface area contributed by atoms with E-state index in [0.717, 1.165) is 25.7 Å². The first kappa shape index (κ1) is 25.2. The van der Waals surface area contributed by atoms with Crippen LogP contribution in [-0.4, -0.2) is 29.0 Å². The molecule has 3 aromatic rings. The fourth-order valence-electron chi connectivity index (χ4n) is 3.82. The Kier molecular flexibility index (Phi) is 8.43. The molecule has 0 bridgehead atoms. The van der Waals surface area contributed by atoms with Gasteiger partial charge >= 0.3 is 6.03 Å². The summed E-state index contributed by atoms with van der Waals surface area (Å²) in [6.45, 7) is 0.0555. The maximum absolute atomic E-state index is 13.7. The molecule has 1 aliphatic carbocycles. The molecule has 3 N–H and O–H groups in total. The van der Waals surface area contributed by atoms with E-state index in [9.17, 15) is 14.0 Å². The molecule has 0 unspecified atom stereocenters. The van der Waals surface area contributed by atoms with Gasteiger partial charge in [-0.3, -0.25) is 4.79 Å². The second kappa shape index (κ2) is 11.7. The molecule has 0 spiro atoms. The minimum atomic E-state index is -0.458. The molecule has 7 nitrogen and oxygen atoms in total. The van der Waals surface area contributed by atoms with E-state index in [0.29, 0.717) is 20.7 Å². The number of thiazole rings is 1. The number of carbonyl (C=O) groups is 2. The molecule has 1 aromatic heterocycles. The third kappa shape index (κ3) is 6.84. The zero-order valence-corrected chi connectivity index (χ0v) is 20.9. The van der Waals surface area contributed by atoms with Gasteiger partial charge in [-0.05, 0) is 43.2 Å². The van der Waals surface area contributed by atoms with Crippen LogP contribution >= 0.6 is 34.5 Å². The third-order valence-corrected chi connectivity index (χ3v) is 6.92. The van der Waals surface area contributed by atoms with Crippen LogP contribution in [0.5, 0.6) is 5.75 Å². The van der Waals surface area contributed by atoms with E-state index in [1.807, 2.05) is 0 Å². The van der Waals surface area contributed by atoms with Gasteiger partial charge in [0.15, 0.2) is 11.6 Å². The molecule has 3 amide bonds. The van der Waals surface area contributed by atoms with Crippen molar-refractivity contribution in [1.29, 1.82) is 0 Å². The summed E-state index contributed by atoms with van der Waals surface area (Å²) in [4.78, 5) is 29.7. The Labute approximate surface area is 216 Å². The Morgan fingerprint density at radius 2 is 1.83 bits per heavy atom. The van der Waals surface area contributed by atoms with Gasteiger partial charge in [-0.2, -0.15) is 0 Å². The van der Waals surface area contributed by atoms with Crippen molar-refractivity contribution in [3.63, 3.8) is 0 Å². The molecule has 0 aliphatic heterocycles. The first-order valence-electron chi connectivity index (χ1n) is 11.0. The van der Waals surface area contributed by atoms with E-state index in [1.165, 1.54) is 23.5 Å². The highest BCUT2D eigenvalue weighted by Crippen LogP contribution is 2.26. The number of benzene rings is 2. The average molecular weight is 537 g/mol. The van der Waals surface area contributed by atoms with Gasteiger partial charge in [-0.1, -0.05) is 48.2 Å². The van der Waals surface area contributed by atoms with E-state index in [4.69, 9.17) is 27.9 Å². The summed E-state index contributed by atoms with van der Waals surface area (Å²) in [5, 5.41) is 11.6. The van der Waals surface area contributed by atoms with Gasteiger partial charge in [-0.15, -0.1) is 11.3 Å². The normalized spacial score (nSPS) is 17.5. The topological polar surface area (TPSA) is 92.4 Å². The van der Waals surface area contributed by atoms with E-state index < -0.39 is 11.8 Å². The Morgan fingerprint density at radius 1 is 1.09 bits per heavy atom. The van der Waals surface area contributed by atoms with Gasteiger partial charge in [0.1, 0.15) is 17.3 Å². The molecule has 1 aliphatic rings. The lowest BCUT2D eigenvalue weighted by molar-refractivity contribution is 0.0911. The molecule has 1 fully saturated rings. The maximum Gasteiger partial charge on any atom is 0.319 e. The number of para-hydroxylation sites is 1. The van der Waals surface area contributed by atoms with Crippen LogP contribution < -0.4 is 20.7 Å². The first-order chi connectivity index (χ1) is 16.9. The number of urea groups is 1. The highest BCUT2D eigenvalue weighted by Gasteiger charge is 2.29. The summed E-state index contributed by atoms with van der Waals surface area (Å²) in [5.41, 5.74) is 0.696. The summed E-state index contributed by atoms with van der Waals surface area (Å²) in [5.74, 6) is -0.665. The molecule has 2 aromatic carbocycles. The van der Waals surface area contributed by atoms with Crippen LogP contribution in [0, 0.1) is 5.82 Å². The highest BCUT2D eigenvalue weighted by molar-refractivity contribution is 7.09. The molecule has 4 rings (SSSR count). The quantitative estimate of drug-likeness (QED) is 0.343. The van der Waals surface area contributed by atoms with Gasteiger partial charge in [0.2, 0.25) is 0 Å². The molecule has 35 heavy (non-hydrogen) atoms. The van der Waals surface area contributed by atoms with Crippen molar-refractivity contribution in [3.8, 4) is 5.75 Å². The summed E-state index contributed by atoms with van der Waals surface area (Å²) < 4.78 is 19.2. The van der Waals surface area contributed by atoms with Gasteiger partial charge in [-0.25, -0.2) is 14.2 Å². The number of nitrogens with zero attached hydrogens (tertiary/aromatic N) is 1. The Balaban J connectivity index is 1.32. The number of hydrogen-bond acceptors (Lipinski definition) is 5. The highest BCUT2D eigenvalue weighted by atomic mass is 35.5. The minimum absolute atomic E-state index is 0.0555. The summed E-state index contributed by atoms with van der Waals surface area (Å²) in [7, 11) is 0. The van der Waals surface area contributed by atoms with Crippen molar-refractivity contribution in [2.45, 2.75) is 44.4 Å². The summed E-state index contributed by atoms with van der Waals surface area (Å²) in [6.07, 6.45) is 3.33. The predicted molar refractivity (Wildman–Crippen MR) is 135 cm³/mol. The van der Waals surface area contributed by atoms with Crippen molar-refractivity contribution in [1.82, 2.24) is 15.6 Å². The van der Waals surface area contributed by atoms with Crippen LogP contribution in [0.4, 0.5) is 14.9 Å². The van der Waals surface area contributed by atoms with E-state index in [-0.39, 0.29) is 36.0 Å². The van der Waals surface area contributed by atoms with Crippen LogP contribution in [0.15, 0.2) is 47.8 Å². The summed E-state index contributed by atoms with van der Waals surface area (Å²) >= 11 is 13.3. The number of ether oxygens (including phenoxy) is 1. The molecular weight excluding hydrogens is 514 g/mol. The fourth-order valence-corrected chi connectivity index (χ4v) is 4.96. The second-order valence-corrected chi connectivity index (χ2v) is 9.83. The Morgan fingerprint density at radius 3 is 2.57 bits per heavy atom. The predicted octanol–water partition coefficient (Wildman–Crippen LogP) is 6.03. The SMILES string of the molecule is O=C(Nc1ccc(Cl)cc1Cl)N[C@@H]1CCCC[C@H]1NC(=O)c1csc(COc2ccccc2F)n1. The zero-order chi connectivity index (χ0) is 24.8. The zero-order valence-electron chi connectivity index (χ0n) is 18.5. The lowest BCUT2D eigenvalue weighted by Crippen LogP contribution is -2.54. The third-order valence-electron chi connectivity index (χ3n) is 5.55. The van der Waals surface area contributed by atoms with Gasteiger partial charge in [0, 0.05) is 16.4 Å². The van der Waals surface area contributed by atoms with Crippen LogP contribution in [0.2, 0.25) is 10.0 Å². The number of nitrogens with one attached hydrogen (secondary N) is 3. The molecular formula is C24H23Cl2FN4O3S. The monoisotopic (exact) mass is 536 g/mol. The maximum atomic E-state index is 13.7. The first-order valence-corrected chi connectivity index (χ1v) is 12.7. The van der Waals surface area contributed by atoms with Gasteiger partial charge in [0.05, 0.1) is 16.8 Å². The smallest absolute Gasteiger partial charge is 0.319 e. The van der Waals surface area contributed by atoms with Gasteiger partial charge < -0.3 is 20.7 Å². The number of halogens is 3. The number of rotatable bonds is 7. The minimum Gasteiger partial charge on any atom is -0.483 e.